The van der Waals surface area contributed by atoms with E-state index in [9.17, 15) is 0 Å². The van der Waals surface area contributed by atoms with Crippen molar-refractivity contribution in [3.63, 3.8) is 0 Å². The third-order valence-corrected chi connectivity index (χ3v) is 15.6. The molecule has 0 amide bonds. The van der Waals surface area contributed by atoms with Gasteiger partial charge in [-0.3, -0.25) is 0 Å². The summed E-state index contributed by atoms with van der Waals surface area (Å²) in [6.45, 7) is 30.4. The molecule has 0 N–H and O–H groups in total. The average molecular weight is 875 g/mol. The molecule has 3 heterocycles. The van der Waals surface area contributed by atoms with Gasteiger partial charge in [0.1, 0.15) is 0 Å². The molecule has 2 aliphatic heterocycles. The van der Waals surface area contributed by atoms with Crippen molar-refractivity contribution in [2.75, 3.05) is 9.80 Å². The molecular formula is C61H71BN2S. The molecule has 2 nitrogen and oxygen atoms in total. The second-order valence-electron chi connectivity index (χ2n) is 22.5. The Hall–Kier alpha value is -5.06. The minimum Gasteiger partial charge on any atom is -0.311 e. The van der Waals surface area contributed by atoms with Gasteiger partial charge in [0.15, 0.2) is 0 Å². The fourth-order valence-corrected chi connectivity index (χ4v) is 11.8. The topological polar surface area (TPSA) is 6.48 Å². The number of rotatable bonds is 10. The Kier molecular flexibility index (Phi) is 11.8. The Morgan fingerprint density at radius 1 is 0.585 bits per heavy atom. The van der Waals surface area contributed by atoms with Crippen LogP contribution in [0.4, 0.5) is 34.1 Å². The van der Waals surface area contributed by atoms with Crippen LogP contribution in [0.2, 0.25) is 0 Å². The summed E-state index contributed by atoms with van der Waals surface area (Å²) in [4.78, 5) is 5.29. The van der Waals surface area contributed by atoms with Crippen molar-refractivity contribution >= 4 is 78.0 Å². The van der Waals surface area contributed by atoms with E-state index >= 15 is 0 Å². The highest BCUT2D eigenvalue weighted by Gasteiger charge is 2.46. The Morgan fingerprint density at radius 3 is 1.85 bits per heavy atom. The number of thiophene rings is 1. The van der Waals surface area contributed by atoms with Crippen molar-refractivity contribution in [3.8, 4) is 11.1 Å². The summed E-state index contributed by atoms with van der Waals surface area (Å²) in [5.41, 5.74) is 21.3. The summed E-state index contributed by atoms with van der Waals surface area (Å²) < 4.78 is 2.79. The number of hydrogen-bond donors (Lipinski definition) is 0. The maximum Gasteiger partial charge on any atom is 0.264 e. The van der Waals surface area contributed by atoms with Crippen molar-refractivity contribution in [1.29, 1.82) is 0 Å². The van der Waals surface area contributed by atoms with Gasteiger partial charge in [-0.1, -0.05) is 163 Å². The van der Waals surface area contributed by atoms with Crippen molar-refractivity contribution in [2.45, 2.75) is 151 Å². The van der Waals surface area contributed by atoms with E-state index in [0.717, 1.165) is 6.42 Å². The van der Waals surface area contributed by atoms with E-state index in [1.54, 1.807) is 0 Å². The first-order chi connectivity index (χ1) is 30.9. The first kappa shape index (κ1) is 45.1. The molecule has 0 aliphatic carbocycles. The van der Waals surface area contributed by atoms with Crippen LogP contribution in [0.1, 0.15) is 154 Å². The quantitative estimate of drug-likeness (QED) is 0.0998. The van der Waals surface area contributed by atoms with Gasteiger partial charge in [-0.05, 0) is 153 Å². The van der Waals surface area contributed by atoms with Gasteiger partial charge in [-0.15, -0.1) is 11.3 Å². The van der Waals surface area contributed by atoms with E-state index in [1.807, 2.05) is 11.3 Å². The van der Waals surface area contributed by atoms with Gasteiger partial charge in [0.25, 0.3) is 6.71 Å². The molecule has 1 atom stereocenters. The molecule has 0 saturated carbocycles. The lowest BCUT2D eigenvalue weighted by Crippen LogP contribution is -2.60. The first-order valence-corrected chi connectivity index (χ1v) is 25.5. The number of unbranched alkanes of at least 4 members (excludes halogenated alkanes) is 2. The first-order valence-electron chi connectivity index (χ1n) is 24.7. The van der Waals surface area contributed by atoms with Crippen LogP contribution >= 0.6 is 11.3 Å². The minimum atomic E-state index is -0.0121. The van der Waals surface area contributed by atoms with E-state index < -0.39 is 0 Å². The van der Waals surface area contributed by atoms with Gasteiger partial charge in [-0.25, -0.2) is 0 Å². The highest BCUT2D eigenvalue weighted by atomic mass is 32.1. The van der Waals surface area contributed by atoms with Crippen LogP contribution in [0.5, 0.6) is 0 Å². The van der Waals surface area contributed by atoms with Crippen LogP contribution in [0.25, 0.3) is 21.2 Å². The predicted molar refractivity (Wildman–Crippen MR) is 289 cm³/mol. The normalized spacial score (nSPS) is 14.1. The van der Waals surface area contributed by atoms with Crippen molar-refractivity contribution in [2.24, 2.45) is 0 Å². The van der Waals surface area contributed by atoms with E-state index in [4.69, 9.17) is 0 Å². The third-order valence-electron chi connectivity index (χ3n) is 14.4. The lowest BCUT2D eigenvalue weighted by Gasteiger charge is -2.44. The molecule has 9 rings (SSSR count). The lowest BCUT2D eigenvalue weighted by molar-refractivity contribution is 0.590. The highest BCUT2D eigenvalue weighted by Crippen LogP contribution is 2.51. The van der Waals surface area contributed by atoms with Crippen molar-refractivity contribution in [1.82, 2.24) is 0 Å². The second-order valence-corrected chi connectivity index (χ2v) is 23.6. The summed E-state index contributed by atoms with van der Waals surface area (Å²) in [5, 5.41) is 1.35. The van der Waals surface area contributed by atoms with Gasteiger partial charge in [-0.2, -0.15) is 0 Å². The summed E-state index contributed by atoms with van der Waals surface area (Å²) in [5.74, 6) is 0.534. The number of hydrogen-bond acceptors (Lipinski definition) is 3. The molecule has 2 aliphatic rings. The maximum absolute atomic E-state index is 2.70. The number of benzene rings is 6. The molecule has 1 unspecified atom stereocenters. The van der Waals surface area contributed by atoms with Gasteiger partial charge in [0.2, 0.25) is 0 Å². The summed E-state index contributed by atoms with van der Waals surface area (Å²) >= 11 is 2.01. The van der Waals surface area contributed by atoms with Gasteiger partial charge >= 0.3 is 0 Å². The van der Waals surface area contributed by atoms with Crippen LogP contribution in [0.3, 0.4) is 0 Å². The molecule has 0 fully saturated rings. The van der Waals surface area contributed by atoms with Crippen LogP contribution < -0.4 is 25.5 Å². The zero-order valence-corrected chi connectivity index (χ0v) is 42.5. The van der Waals surface area contributed by atoms with E-state index in [-0.39, 0.29) is 23.0 Å². The molecule has 1 aromatic heterocycles. The van der Waals surface area contributed by atoms with Crippen LogP contribution in [0, 0.1) is 6.92 Å². The summed E-state index contributed by atoms with van der Waals surface area (Å²) in [6, 6.07) is 46.1. The van der Waals surface area contributed by atoms with Crippen molar-refractivity contribution in [3.05, 3.63) is 149 Å². The molecule has 4 heteroatoms. The molecule has 7 aromatic rings. The number of aryl methyl sites for hydroxylation is 2. The lowest BCUT2D eigenvalue weighted by atomic mass is 9.36. The zero-order chi connectivity index (χ0) is 46.2. The van der Waals surface area contributed by atoms with E-state index in [1.165, 1.54) is 137 Å². The van der Waals surface area contributed by atoms with Gasteiger partial charge < -0.3 is 9.80 Å². The highest BCUT2D eigenvalue weighted by molar-refractivity contribution is 7.33. The minimum absolute atomic E-state index is 0.00815. The van der Waals surface area contributed by atoms with E-state index in [2.05, 4.69) is 215 Å². The Morgan fingerprint density at radius 2 is 1.20 bits per heavy atom. The zero-order valence-electron chi connectivity index (χ0n) is 41.7. The number of anilines is 6. The molecule has 0 bridgehead atoms. The molecular weight excluding hydrogens is 804 g/mol. The molecule has 0 radical (unpaired) electrons. The Labute approximate surface area is 396 Å². The molecule has 6 aromatic carbocycles. The Balaban J connectivity index is 1.37. The second kappa shape index (κ2) is 17.0. The largest absolute Gasteiger partial charge is 0.311 e. The SMILES string of the molecule is CCCCCc1ccc2c(c1)B1c3sc4ccc(C(C)(C)C)cc4c3N(c3ccc(C(C)(C)C)cc3-c3ccc(C(C)CCC)cc3)c3cc(C)cc(c31)N2c1ccc(C(C)(C)C)cc1. The third kappa shape index (κ3) is 8.28. The molecule has 0 saturated heterocycles. The van der Waals surface area contributed by atoms with Crippen LogP contribution in [-0.2, 0) is 22.7 Å². The smallest absolute Gasteiger partial charge is 0.264 e. The predicted octanol–water partition coefficient (Wildman–Crippen LogP) is 16.5. The molecule has 65 heavy (non-hydrogen) atoms. The summed E-state index contributed by atoms with van der Waals surface area (Å²) in [7, 11) is 0. The van der Waals surface area contributed by atoms with Crippen molar-refractivity contribution < 1.29 is 0 Å². The van der Waals surface area contributed by atoms with Crippen LogP contribution in [-0.4, -0.2) is 6.71 Å². The number of fused-ring (bicyclic) bond motifs is 6. The fourth-order valence-electron chi connectivity index (χ4n) is 10.5. The average Bonchev–Trinajstić information content (AvgIpc) is 3.64. The maximum atomic E-state index is 2.70. The monoisotopic (exact) mass is 875 g/mol. The van der Waals surface area contributed by atoms with Gasteiger partial charge in [0, 0.05) is 43.2 Å². The summed E-state index contributed by atoms with van der Waals surface area (Å²) in [6.07, 6.45) is 7.17. The fraction of sp³-hybridized carbons (Fsp3) is 0.377. The standard InChI is InChI=1S/C61H71BN2S/c1-14-16-17-19-41-20-31-52-50(36-41)62-56-53(63(52)47-29-25-44(26-30-47)59(5,6)7)34-39(3)35-54(56)64(57-49-38-46(61(11,12)13)28-33-55(49)65-58(57)62)51-32-27-45(60(8,9)10)37-48(51)43-23-21-42(22-24-43)40(4)18-15-2/h20-38,40H,14-19H2,1-13H3. The Bertz CT molecular complexity index is 2880. The van der Waals surface area contributed by atoms with E-state index in [0.29, 0.717) is 5.92 Å². The molecule has 0 spiro atoms. The van der Waals surface area contributed by atoms with Gasteiger partial charge in [0.05, 0.1) is 11.4 Å². The van der Waals surface area contributed by atoms with Crippen LogP contribution in [0.15, 0.2) is 115 Å². The number of nitrogens with zero attached hydrogens (tertiary/aromatic N) is 2. The molecule has 334 valence electrons.